The van der Waals surface area contributed by atoms with E-state index in [1.807, 2.05) is 6.07 Å². The van der Waals surface area contributed by atoms with E-state index in [9.17, 15) is 18.0 Å². The van der Waals surface area contributed by atoms with Crippen LogP contribution in [-0.2, 0) is 11.9 Å². The molecule has 0 amide bonds. The lowest BCUT2D eigenvalue weighted by Gasteiger charge is -2.06. The van der Waals surface area contributed by atoms with Crippen molar-refractivity contribution in [2.24, 2.45) is 0 Å². The molecule has 2 heterocycles. The van der Waals surface area contributed by atoms with Crippen LogP contribution >= 0.6 is 11.8 Å². The number of ether oxygens (including phenoxy) is 1. The zero-order valence-corrected chi connectivity index (χ0v) is 17.3. The first kappa shape index (κ1) is 21.6. The summed E-state index contributed by atoms with van der Waals surface area (Å²) < 4.78 is 48.5. The van der Waals surface area contributed by atoms with Gasteiger partial charge in [0.05, 0.1) is 24.1 Å². The fourth-order valence-electron chi connectivity index (χ4n) is 2.80. The van der Waals surface area contributed by atoms with Gasteiger partial charge < -0.3 is 14.2 Å². The second-order valence-electron chi connectivity index (χ2n) is 6.54. The summed E-state index contributed by atoms with van der Waals surface area (Å²) in [5.74, 6) is 1.25. The molecule has 0 saturated heterocycles. The maximum absolute atomic E-state index is 12.7. The fraction of sp³-hybridized carbons (Fsp3) is 0.143. The first-order valence-corrected chi connectivity index (χ1v) is 10.2. The van der Waals surface area contributed by atoms with Gasteiger partial charge >= 0.3 is 6.18 Å². The van der Waals surface area contributed by atoms with E-state index in [0.717, 1.165) is 17.7 Å². The van der Waals surface area contributed by atoms with E-state index in [-0.39, 0.29) is 23.0 Å². The molecule has 0 bridgehead atoms. The van der Waals surface area contributed by atoms with Crippen LogP contribution in [0.1, 0.15) is 11.5 Å². The van der Waals surface area contributed by atoms with Gasteiger partial charge in [0.15, 0.2) is 5.16 Å². The second-order valence-corrected chi connectivity index (χ2v) is 7.51. The molecule has 4 aromatic rings. The highest BCUT2D eigenvalue weighted by Crippen LogP contribution is 2.31. The van der Waals surface area contributed by atoms with Gasteiger partial charge in [-0.3, -0.25) is 4.79 Å². The Morgan fingerprint density at radius 1 is 1.06 bits per heavy atom. The number of rotatable bonds is 6. The average Bonchev–Trinajstić information content (AvgIpc) is 3.26. The van der Waals surface area contributed by atoms with E-state index in [1.165, 1.54) is 30.0 Å². The third-order valence-corrected chi connectivity index (χ3v) is 5.21. The molecule has 2 aromatic carbocycles. The van der Waals surface area contributed by atoms with Gasteiger partial charge in [-0.25, -0.2) is 4.98 Å². The third-order valence-electron chi connectivity index (χ3n) is 4.36. The number of alkyl halides is 3. The van der Waals surface area contributed by atoms with Crippen molar-refractivity contribution >= 4 is 11.8 Å². The average molecular weight is 460 g/mol. The number of nitrogens with one attached hydrogen (secondary N) is 1. The molecule has 0 aliphatic rings. The molecule has 2 aromatic heterocycles. The number of hydrogen-bond donors (Lipinski definition) is 1. The number of hydrogen-bond acceptors (Lipinski definition) is 7. The molecule has 7 nitrogen and oxygen atoms in total. The van der Waals surface area contributed by atoms with E-state index < -0.39 is 11.7 Å². The van der Waals surface area contributed by atoms with Crippen molar-refractivity contribution in [3.63, 3.8) is 0 Å². The van der Waals surface area contributed by atoms with Crippen molar-refractivity contribution in [2.75, 3.05) is 7.11 Å². The third kappa shape index (κ3) is 4.99. The molecule has 32 heavy (non-hydrogen) atoms. The summed E-state index contributed by atoms with van der Waals surface area (Å²) in [7, 11) is 1.55. The minimum absolute atomic E-state index is 0.168. The predicted molar refractivity (Wildman–Crippen MR) is 111 cm³/mol. The fourth-order valence-corrected chi connectivity index (χ4v) is 3.52. The Morgan fingerprint density at radius 3 is 2.56 bits per heavy atom. The summed E-state index contributed by atoms with van der Waals surface area (Å²) in [5.41, 5.74) is 0.512. The van der Waals surface area contributed by atoms with Crippen LogP contribution in [0.5, 0.6) is 5.75 Å². The van der Waals surface area contributed by atoms with Crippen molar-refractivity contribution in [2.45, 2.75) is 17.1 Å². The van der Waals surface area contributed by atoms with E-state index in [0.29, 0.717) is 22.2 Å². The highest BCUT2D eigenvalue weighted by molar-refractivity contribution is 7.98. The molecule has 0 unspecified atom stereocenters. The number of benzene rings is 2. The Kier molecular flexibility index (Phi) is 5.99. The summed E-state index contributed by atoms with van der Waals surface area (Å²) in [6, 6.07) is 13.0. The molecular weight excluding hydrogens is 445 g/mol. The van der Waals surface area contributed by atoms with Crippen LogP contribution in [-0.4, -0.2) is 27.2 Å². The first-order chi connectivity index (χ1) is 15.3. The van der Waals surface area contributed by atoms with Crippen molar-refractivity contribution in [3.05, 3.63) is 76.4 Å². The van der Waals surface area contributed by atoms with Gasteiger partial charge in [0.2, 0.25) is 11.7 Å². The van der Waals surface area contributed by atoms with Crippen molar-refractivity contribution in [1.29, 1.82) is 0 Å². The van der Waals surface area contributed by atoms with E-state index in [2.05, 4.69) is 20.1 Å². The molecule has 1 N–H and O–H groups in total. The summed E-state index contributed by atoms with van der Waals surface area (Å²) >= 11 is 1.18. The number of thioether (sulfide) groups is 1. The Morgan fingerprint density at radius 2 is 1.84 bits per heavy atom. The molecule has 0 spiro atoms. The zero-order chi connectivity index (χ0) is 22.7. The van der Waals surface area contributed by atoms with Crippen LogP contribution in [0.3, 0.4) is 0 Å². The van der Waals surface area contributed by atoms with Gasteiger partial charge in [0.1, 0.15) is 5.75 Å². The van der Waals surface area contributed by atoms with E-state index >= 15 is 0 Å². The van der Waals surface area contributed by atoms with Gasteiger partial charge in [-0.2, -0.15) is 18.2 Å². The summed E-state index contributed by atoms with van der Waals surface area (Å²) in [5, 5.41) is 4.16. The molecule has 0 radical (unpaired) electrons. The standard InChI is InChI=1S/C21H15F3N4O3S/c1-30-15-4-2-3-13(9-15)16-10-17(29)26-20(25-16)32-11-18-27-19(28-31-18)12-5-7-14(8-6-12)21(22,23)24/h2-10H,11H2,1H3,(H,25,26,29). The number of methoxy groups -OCH3 is 1. The Bertz CT molecular complexity index is 1290. The maximum Gasteiger partial charge on any atom is 0.416 e. The van der Waals surface area contributed by atoms with Crippen LogP contribution in [0.15, 0.2) is 69.1 Å². The molecule has 0 atom stereocenters. The Hall–Kier alpha value is -3.60. The van der Waals surface area contributed by atoms with Crippen LogP contribution in [0.2, 0.25) is 0 Å². The lowest BCUT2D eigenvalue weighted by Crippen LogP contribution is -2.08. The van der Waals surface area contributed by atoms with Crippen LogP contribution in [0.25, 0.3) is 22.6 Å². The predicted octanol–water partition coefficient (Wildman–Crippen LogP) is 4.81. The molecule has 0 aliphatic heterocycles. The lowest BCUT2D eigenvalue weighted by molar-refractivity contribution is -0.137. The van der Waals surface area contributed by atoms with Crippen molar-refractivity contribution in [3.8, 4) is 28.4 Å². The molecular formula is C21H15F3N4O3S. The van der Waals surface area contributed by atoms with Crippen LogP contribution in [0.4, 0.5) is 13.2 Å². The van der Waals surface area contributed by atoms with E-state index in [1.54, 1.807) is 25.3 Å². The lowest BCUT2D eigenvalue weighted by atomic mass is 10.1. The highest BCUT2D eigenvalue weighted by atomic mass is 32.2. The Balaban J connectivity index is 1.48. The van der Waals surface area contributed by atoms with Gasteiger partial charge in [0, 0.05) is 17.2 Å². The topological polar surface area (TPSA) is 93.9 Å². The quantitative estimate of drug-likeness (QED) is 0.326. The molecule has 4 rings (SSSR count). The molecule has 11 heteroatoms. The van der Waals surface area contributed by atoms with Crippen LogP contribution < -0.4 is 10.3 Å². The van der Waals surface area contributed by atoms with Gasteiger partial charge in [-0.05, 0) is 24.3 Å². The maximum atomic E-state index is 12.7. The molecule has 0 fully saturated rings. The number of nitrogens with zero attached hydrogens (tertiary/aromatic N) is 3. The van der Waals surface area contributed by atoms with Crippen molar-refractivity contribution in [1.82, 2.24) is 20.1 Å². The summed E-state index contributed by atoms with van der Waals surface area (Å²) in [6.45, 7) is 0. The first-order valence-electron chi connectivity index (χ1n) is 9.20. The molecule has 0 aliphatic carbocycles. The Labute approximate surface area is 183 Å². The van der Waals surface area contributed by atoms with E-state index in [4.69, 9.17) is 9.26 Å². The number of aromatic nitrogens is 4. The summed E-state index contributed by atoms with van der Waals surface area (Å²) in [4.78, 5) is 23.4. The number of halogens is 3. The normalized spacial score (nSPS) is 11.5. The number of aromatic amines is 1. The summed E-state index contributed by atoms with van der Waals surface area (Å²) in [6.07, 6.45) is -4.42. The minimum atomic E-state index is -4.42. The second kappa shape index (κ2) is 8.87. The SMILES string of the molecule is COc1cccc(-c2cc(=O)[nH]c(SCc3nc(-c4ccc(C(F)(F)F)cc4)no3)n2)c1. The zero-order valence-electron chi connectivity index (χ0n) is 16.5. The highest BCUT2D eigenvalue weighted by Gasteiger charge is 2.30. The van der Waals surface area contributed by atoms with Gasteiger partial charge in [0.25, 0.3) is 5.56 Å². The largest absolute Gasteiger partial charge is 0.497 e. The number of H-pyrrole nitrogens is 1. The van der Waals surface area contributed by atoms with Crippen LogP contribution in [0, 0.1) is 0 Å². The van der Waals surface area contributed by atoms with Gasteiger partial charge in [-0.15, -0.1) is 0 Å². The van der Waals surface area contributed by atoms with Crippen molar-refractivity contribution < 1.29 is 22.4 Å². The van der Waals surface area contributed by atoms with Gasteiger partial charge in [-0.1, -0.05) is 41.2 Å². The minimum Gasteiger partial charge on any atom is -0.497 e. The molecule has 164 valence electrons. The molecule has 0 saturated carbocycles. The smallest absolute Gasteiger partial charge is 0.416 e. The monoisotopic (exact) mass is 460 g/mol.